The maximum Gasteiger partial charge on any atom is 0.410 e. The first kappa shape index (κ1) is 28.6. The van der Waals surface area contributed by atoms with Crippen LogP contribution in [0.5, 0.6) is 0 Å². The minimum absolute atomic E-state index is 0.104. The summed E-state index contributed by atoms with van der Waals surface area (Å²) in [7, 11) is 1.54. The van der Waals surface area contributed by atoms with E-state index in [9.17, 15) is 19.5 Å². The number of hydrogen-bond donors (Lipinski definition) is 1. The molecule has 0 saturated carbocycles. The maximum atomic E-state index is 13.8. The molecule has 1 aliphatic heterocycles. The van der Waals surface area contributed by atoms with Gasteiger partial charge in [-0.05, 0) is 60.0 Å². The Kier molecular flexibility index (Phi) is 8.06. The third-order valence-corrected chi connectivity index (χ3v) is 8.35. The number of rotatable bonds is 7. The number of fused-ring (bicyclic) bond motifs is 3. The summed E-state index contributed by atoms with van der Waals surface area (Å²) in [4.78, 5) is 41.5. The number of amides is 2. The van der Waals surface area contributed by atoms with E-state index in [4.69, 9.17) is 14.2 Å². The van der Waals surface area contributed by atoms with Crippen molar-refractivity contribution in [1.29, 1.82) is 0 Å². The van der Waals surface area contributed by atoms with Gasteiger partial charge in [0.05, 0.1) is 25.2 Å². The van der Waals surface area contributed by atoms with E-state index >= 15 is 0 Å². The molecule has 0 spiro atoms. The first-order chi connectivity index (χ1) is 19.6. The average molecular weight is 579 g/mol. The molecule has 5 rings (SSSR count). The highest BCUT2D eigenvalue weighted by Gasteiger charge is 2.43. The summed E-state index contributed by atoms with van der Waals surface area (Å²) in [5.74, 6) is -1.14. The van der Waals surface area contributed by atoms with Crippen LogP contribution in [0.1, 0.15) is 53.1 Å². The van der Waals surface area contributed by atoms with Crippen LogP contribution < -0.4 is 0 Å². The standard InChI is InChI=1S/C31H34N2O7S/c1-31(2,3)40-29(36)32-15-25(26(16-32)38-4)33(14-19-13-27(28(34)35)41-18-19)30(37)39-17-24-22-11-7-5-9-20(22)21-10-6-8-12-23(21)24/h5-13,18,24-26H,14-17H2,1-4H3,(H,34,35)/t25-,26-/m1/s1. The highest BCUT2D eigenvalue weighted by molar-refractivity contribution is 7.12. The zero-order chi connectivity index (χ0) is 29.3. The lowest BCUT2D eigenvalue weighted by atomic mass is 9.98. The van der Waals surface area contributed by atoms with Gasteiger partial charge >= 0.3 is 18.2 Å². The number of benzene rings is 2. The molecule has 1 aliphatic carbocycles. The predicted molar refractivity (Wildman–Crippen MR) is 154 cm³/mol. The number of carbonyl (C=O) groups is 3. The van der Waals surface area contributed by atoms with Gasteiger partial charge in [-0.3, -0.25) is 4.90 Å². The van der Waals surface area contributed by atoms with Gasteiger partial charge < -0.3 is 24.2 Å². The van der Waals surface area contributed by atoms with Crippen molar-refractivity contribution in [3.63, 3.8) is 0 Å². The van der Waals surface area contributed by atoms with Crippen molar-refractivity contribution < 1.29 is 33.7 Å². The molecule has 1 aromatic heterocycles. The topological polar surface area (TPSA) is 106 Å². The molecule has 216 valence electrons. The van der Waals surface area contributed by atoms with E-state index in [2.05, 4.69) is 24.3 Å². The van der Waals surface area contributed by atoms with Crippen LogP contribution in [0.4, 0.5) is 9.59 Å². The number of thiophene rings is 1. The van der Waals surface area contributed by atoms with Crippen LogP contribution in [-0.4, -0.2) is 77.6 Å². The van der Waals surface area contributed by atoms with Crippen LogP contribution in [0.2, 0.25) is 0 Å². The fourth-order valence-electron chi connectivity index (χ4n) is 5.52. The van der Waals surface area contributed by atoms with Crippen molar-refractivity contribution >= 4 is 29.5 Å². The van der Waals surface area contributed by atoms with Gasteiger partial charge in [0.15, 0.2) is 0 Å². The van der Waals surface area contributed by atoms with Crippen molar-refractivity contribution in [2.75, 3.05) is 26.8 Å². The van der Waals surface area contributed by atoms with Crippen LogP contribution in [0, 0.1) is 0 Å². The van der Waals surface area contributed by atoms with E-state index < -0.39 is 35.9 Å². The molecule has 0 unspecified atom stereocenters. The Balaban J connectivity index is 1.39. The molecule has 2 aromatic carbocycles. The van der Waals surface area contributed by atoms with Crippen LogP contribution in [0.25, 0.3) is 11.1 Å². The summed E-state index contributed by atoms with van der Waals surface area (Å²) in [6.45, 7) is 6.06. The van der Waals surface area contributed by atoms with Crippen molar-refractivity contribution in [2.45, 2.75) is 51.0 Å². The summed E-state index contributed by atoms with van der Waals surface area (Å²) in [6.07, 6.45) is -1.54. The van der Waals surface area contributed by atoms with Crippen LogP contribution in [-0.2, 0) is 20.8 Å². The van der Waals surface area contributed by atoms with Gasteiger partial charge in [0.2, 0.25) is 0 Å². The van der Waals surface area contributed by atoms with Gasteiger partial charge in [-0.1, -0.05) is 48.5 Å². The largest absolute Gasteiger partial charge is 0.477 e. The molecule has 1 saturated heterocycles. The second-order valence-electron chi connectivity index (χ2n) is 11.3. The quantitative estimate of drug-likeness (QED) is 0.376. The summed E-state index contributed by atoms with van der Waals surface area (Å²) in [6, 6.07) is 17.2. The molecule has 2 atom stereocenters. The minimum atomic E-state index is -1.03. The summed E-state index contributed by atoms with van der Waals surface area (Å²) in [5.41, 5.74) is 4.44. The Morgan fingerprint density at radius 2 is 1.66 bits per heavy atom. The highest BCUT2D eigenvalue weighted by Crippen LogP contribution is 2.44. The van der Waals surface area contributed by atoms with Crippen molar-refractivity contribution in [2.24, 2.45) is 0 Å². The Labute approximate surface area is 243 Å². The number of nitrogens with zero attached hydrogens (tertiary/aromatic N) is 2. The van der Waals surface area contributed by atoms with Crippen LogP contribution in [0.15, 0.2) is 60.0 Å². The highest BCUT2D eigenvalue weighted by atomic mass is 32.1. The molecule has 1 N–H and O–H groups in total. The van der Waals surface area contributed by atoms with E-state index in [0.29, 0.717) is 5.56 Å². The van der Waals surface area contributed by atoms with E-state index in [1.807, 2.05) is 24.3 Å². The minimum Gasteiger partial charge on any atom is -0.477 e. The molecule has 41 heavy (non-hydrogen) atoms. The molecule has 3 aromatic rings. The summed E-state index contributed by atoms with van der Waals surface area (Å²) in [5, 5.41) is 11.1. The third-order valence-electron chi connectivity index (χ3n) is 7.38. The number of carboxylic acids is 1. The Morgan fingerprint density at radius 1 is 1.02 bits per heavy atom. The molecule has 0 radical (unpaired) electrons. The fraction of sp³-hybridized carbons (Fsp3) is 0.387. The maximum absolute atomic E-state index is 13.8. The normalized spacial score (nSPS) is 18.1. The Hall–Kier alpha value is -3.89. The summed E-state index contributed by atoms with van der Waals surface area (Å²) < 4.78 is 17.3. The van der Waals surface area contributed by atoms with E-state index in [1.165, 1.54) is 4.90 Å². The van der Waals surface area contributed by atoms with E-state index in [1.54, 1.807) is 44.2 Å². The van der Waals surface area contributed by atoms with Gasteiger partial charge in [-0.25, -0.2) is 14.4 Å². The van der Waals surface area contributed by atoms with Gasteiger partial charge in [0.1, 0.15) is 17.1 Å². The molecule has 1 fully saturated rings. The lowest BCUT2D eigenvalue weighted by Crippen LogP contribution is -2.47. The molecule has 10 heteroatoms. The van der Waals surface area contributed by atoms with E-state index in [-0.39, 0.29) is 37.0 Å². The van der Waals surface area contributed by atoms with Crippen molar-refractivity contribution in [1.82, 2.24) is 9.80 Å². The number of likely N-dealkylation sites (tertiary alicyclic amines) is 1. The Morgan fingerprint density at radius 3 is 2.22 bits per heavy atom. The first-order valence-electron chi connectivity index (χ1n) is 13.5. The number of aromatic carboxylic acids is 1. The lowest BCUT2D eigenvalue weighted by molar-refractivity contribution is 0.0238. The molecule has 0 bridgehead atoms. The second-order valence-corrected chi connectivity index (χ2v) is 12.2. The Bertz CT molecular complexity index is 1400. The second kappa shape index (κ2) is 11.5. The zero-order valence-electron chi connectivity index (χ0n) is 23.5. The number of carboxylic acid groups (broad SMARTS) is 1. The van der Waals surface area contributed by atoms with Crippen molar-refractivity contribution in [3.05, 3.63) is 81.5 Å². The third kappa shape index (κ3) is 6.08. The lowest BCUT2D eigenvalue weighted by Gasteiger charge is -2.31. The molecular weight excluding hydrogens is 544 g/mol. The molecule has 9 nitrogen and oxygen atoms in total. The summed E-state index contributed by atoms with van der Waals surface area (Å²) >= 11 is 1.10. The van der Waals surface area contributed by atoms with E-state index in [0.717, 1.165) is 33.6 Å². The van der Waals surface area contributed by atoms with Crippen molar-refractivity contribution in [3.8, 4) is 11.1 Å². The predicted octanol–water partition coefficient (Wildman–Crippen LogP) is 5.83. The fourth-order valence-corrected chi connectivity index (χ4v) is 6.27. The van der Waals surface area contributed by atoms with Gasteiger partial charge in [-0.15, -0.1) is 11.3 Å². The number of carbonyl (C=O) groups excluding carboxylic acids is 2. The molecule has 2 aliphatic rings. The molecule has 2 heterocycles. The van der Waals surface area contributed by atoms with Crippen LogP contribution in [0.3, 0.4) is 0 Å². The monoisotopic (exact) mass is 578 g/mol. The average Bonchev–Trinajstić information content (AvgIpc) is 3.65. The molecular formula is C31H34N2O7S. The number of ether oxygens (including phenoxy) is 3. The van der Waals surface area contributed by atoms with Crippen LogP contribution >= 0.6 is 11.3 Å². The van der Waals surface area contributed by atoms with Gasteiger partial charge in [-0.2, -0.15) is 0 Å². The SMILES string of the molecule is CO[C@@H]1CN(C(=O)OC(C)(C)C)C[C@H]1N(Cc1csc(C(=O)O)c1)C(=O)OCC1c2ccccc2-c2ccccc21. The molecule has 2 amide bonds. The number of methoxy groups -OCH3 is 1. The number of hydrogen-bond acceptors (Lipinski definition) is 7. The first-order valence-corrected chi connectivity index (χ1v) is 14.4. The van der Waals surface area contributed by atoms with Gasteiger partial charge in [0.25, 0.3) is 0 Å². The van der Waals surface area contributed by atoms with Gasteiger partial charge in [0, 0.05) is 19.6 Å². The zero-order valence-corrected chi connectivity index (χ0v) is 24.3. The smallest absolute Gasteiger partial charge is 0.410 e.